The van der Waals surface area contributed by atoms with Crippen LogP contribution in [0.5, 0.6) is 0 Å². The van der Waals surface area contributed by atoms with E-state index in [4.69, 9.17) is 5.73 Å². The zero-order chi connectivity index (χ0) is 13.1. The number of halogens is 1. The lowest BCUT2D eigenvalue weighted by atomic mass is 10.1. The molecule has 4 nitrogen and oxygen atoms in total. The van der Waals surface area contributed by atoms with Crippen molar-refractivity contribution in [3.8, 4) is 0 Å². The second kappa shape index (κ2) is 5.14. The van der Waals surface area contributed by atoms with E-state index >= 15 is 0 Å². The minimum atomic E-state index is -0.429. The summed E-state index contributed by atoms with van der Waals surface area (Å²) in [4.78, 5) is 15.7. The van der Waals surface area contributed by atoms with E-state index in [1.807, 2.05) is 0 Å². The van der Waals surface area contributed by atoms with Crippen LogP contribution in [0, 0.1) is 5.82 Å². The predicted octanol–water partition coefficient (Wildman–Crippen LogP) is 2.36. The van der Waals surface area contributed by atoms with Crippen LogP contribution < -0.4 is 11.1 Å². The molecule has 1 aromatic heterocycles. The third kappa shape index (κ3) is 2.65. The van der Waals surface area contributed by atoms with Gasteiger partial charge < -0.3 is 11.1 Å². The summed E-state index contributed by atoms with van der Waals surface area (Å²) in [5, 5.41) is 4.58. The zero-order valence-electron chi connectivity index (χ0n) is 9.68. The van der Waals surface area contributed by atoms with Crippen LogP contribution in [0.15, 0.2) is 29.6 Å². The molecule has 3 N–H and O–H groups in total. The molecule has 0 bridgehead atoms. The highest BCUT2D eigenvalue weighted by molar-refractivity contribution is 7.13. The number of hydrogen-bond acceptors (Lipinski definition) is 4. The molecule has 0 saturated carbocycles. The van der Waals surface area contributed by atoms with Crippen molar-refractivity contribution in [3.63, 3.8) is 0 Å². The molecular weight excluding hydrogens is 253 g/mol. The number of nitrogen functional groups attached to an aromatic ring is 1. The summed E-state index contributed by atoms with van der Waals surface area (Å²) in [6.45, 7) is 1.71. The molecule has 6 heteroatoms. The van der Waals surface area contributed by atoms with Crippen molar-refractivity contribution in [2.24, 2.45) is 0 Å². The lowest BCUT2D eigenvalue weighted by Gasteiger charge is -2.14. The summed E-state index contributed by atoms with van der Waals surface area (Å²) in [7, 11) is 0. The zero-order valence-corrected chi connectivity index (χ0v) is 10.5. The first-order valence-electron chi connectivity index (χ1n) is 5.34. The normalized spacial score (nSPS) is 12.1. The van der Waals surface area contributed by atoms with Gasteiger partial charge in [-0.1, -0.05) is 18.2 Å². The van der Waals surface area contributed by atoms with Gasteiger partial charge in [-0.05, 0) is 13.0 Å². The topological polar surface area (TPSA) is 68.0 Å². The SMILES string of the molecule is CC(NC(=O)c1csc(N)n1)c1ccccc1F. The third-order valence-electron chi connectivity index (χ3n) is 2.47. The number of nitrogens with zero attached hydrogens (tertiary/aromatic N) is 1. The van der Waals surface area contributed by atoms with Crippen LogP contribution in [0.4, 0.5) is 9.52 Å². The van der Waals surface area contributed by atoms with Gasteiger partial charge in [0.05, 0.1) is 6.04 Å². The molecule has 0 radical (unpaired) electrons. The Balaban J connectivity index is 2.10. The number of benzene rings is 1. The molecule has 0 aliphatic carbocycles. The maximum atomic E-state index is 13.5. The molecule has 1 amide bonds. The van der Waals surface area contributed by atoms with Gasteiger partial charge in [-0.15, -0.1) is 11.3 Å². The third-order valence-corrected chi connectivity index (χ3v) is 3.15. The molecule has 1 unspecified atom stereocenters. The van der Waals surface area contributed by atoms with E-state index in [2.05, 4.69) is 10.3 Å². The minimum absolute atomic E-state index is 0.251. The molecule has 1 aromatic carbocycles. The van der Waals surface area contributed by atoms with E-state index in [9.17, 15) is 9.18 Å². The number of anilines is 1. The Labute approximate surface area is 108 Å². The molecule has 94 valence electrons. The summed E-state index contributed by atoms with van der Waals surface area (Å²) in [5.74, 6) is -0.707. The lowest BCUT2D eigenvalue weighted by molar-refractivity contribution is 0.0935. The summed E-state index contributed by atoms with van der Waals surface area (Å²) in [5.41, 5.74) is 6.14. The fraction of sp³-hybridized carbons (Fsp3) is 0.167. The summed E-state index contributed by atoms with van der Waals surface area (Å²) < 4.78 is 13.5. The minimum Gasteiger partial charge on any atom is -0.375 e. The number of thiazole rings is 1. The van der Waals surface area contributed by atoms with Crippen LogP contribution >= 0.6 is 11.3 Å². The highest BCUT2D eigenvalue weighted by Crippen LogP contribution is 2.17. The molecule has 18 heavy (non-hydrogen) atoms. The largest absolute Gasteiger partial charge is 0.375 e. The van der Waals surface area contributed by atoms with Crippen molar-refractivity contribution in [1.29, 1.82) is 0 Å². The number of hydrogen-bond donors (Lipinski definition) is 2. The summed E-state index contributed by atoms with van der Waals surface area (Å²) in [6.07, 6.45) is 0. The first kappa shape index (κ1) is 12.5. The van der Waals surface area contributed by atoms with Crippen LogP contribution in [0.2, 0.25) is 0 Å². The van der Waals surface area contributed by atoms with E-state index in [1.54, 1.807) is 30.5 Å². The number of carbonyl (C=O) groups excluding carboxylic acids is 1. The Morgan fingerprint density at radius 1 is 1.50 bits per heavy atom. The van der Waals surface area contributed by atoms with E-state index in [-0.39, 0.29) is 17.4 Å². The highest BCUT2D eigenvalue weighted by atomic mass is 32.1. The second-order valence-electron chi connectivity index (χ2n) is 3.79. The van der Waals surface area contributed by atoms with Crippen LogP contribution in [0.3, 0.4) is 0 Å². The molecule has 0 spiro atoms. The molecule has 1 heterocycles. The van der Waals surface area contributed by atoms with Gasteiger partial charge in [0.1, 0.15) is 11.5 Å². The van der Waals surface area contributed by atoms with Crippen LogP contribution in [0.1, 0.15) is 29.0 Å². The number of rotatable bonds is 3. The van der Waals surface area contributed by atoms with Gasteiger partial charge in [-0.3, -0.25) is 4.79 Å². The molecule has 1 atom stereocenters. The maximum absolute atomic E-state index is 13.5. The quantitative estimate of drug-likeness (QED) is 0.895. The molecule has 2 aromatic rings. The molecular formula is C12H12FN3OS. The molecule has 0 aliphatic heterocycles. The number of nitrogens with one attached hydrogen (secondary N) is 1. The monoisotopic (exact) mass is 265 g/mol. The average Bonchev–Trinajstić information content (AvgIpc) is 2.76. The van der Waals surface area contributed by atoms with Crippen LogP contribution in [-0.4, -0.2) is 10.9 Å². The predicted molar refractivity (Wildman–Crippen MR) is 68.8 cm³/mol. The molecule has 0 aliphatic rings. The van der Waals surface area contributed by atoms with Gasteiger partial charge >= 0.3 is 0 Å². The van der Waals surface area contributed by atoms with Gasteiger partial charge in [0.2, 0.25) is 0 Å². The number of carbonyl (C=O) groups is 1. The number of nitrogens with two attached hydrogens (primary N) is 1. The van der Waals surface area contributed by atoms with Crippen LogP contribution in [-0.2, 0) is 0 Å². The fourth-order valence-electron chi connectivity index (χ4n) is 1.57. The Morgan fingerprint density at radius 3 is 2.83 bits per heavy atom. The summed E-state index contributed by atoms with van der Waals surface area (Å²) >= 11 is 1.19. The Hall–Kier alpha value is -1.95. The maximum Gasteiger partial charge on any atom is 0.271 e. The molecule has 0 fully saturated rings. The first-order valence-corrected chi connectivity index (χ1v) is 6.22. The van der Waals surface area contributed by atoms with Crippen molar-refractivity contribution in [2.75, 3.05) is 5.73 Å². The lowest BCUT2D eigenvalue weighted by Crippen LogP contribution is -2.27. The standard InChI is InChI=1S/C12H12FN3OS/c1-7(8-4-2-3-5-9(8)13)15-11(17)10-6-18-12(14)16-10/h2-7H,1H3,(H2,14,16)(H,15,17). The van der Waals surface area contributed by atoms with E-state index < -0.39 is 6.04 Å². The average molecular weight is 265 g/mol. The molecule has 0 saturated heterocycles. The van der Waals surface area contributed by atoms with E-state index in [1.165, 1.54) is 17.4 Å². The highest BCUT2D eigenvalue weighted by Gasteiger charge is 2.16. The van der Waals surface area contributed by atoms with Gasteiger partial charge in [-0.25, -0.2) is 9.37 Å². The number of amides is 1. The number of aromatic nitrogens is 1. The summed E-state index contributed by atoms with van der Waals surface area (Å²) in [6, 6.07) is 5.90. The van der Waals surface area contributed by atoms with Gasteiger partial charge in [0.25, 0.3) is 5.91 Å². The van der Waals surface area contributed by atoms with E-state index in [0.29, 0.717) is 10.7 Å². The van der Waals surface area contributed by atoms with Crippen molar-refractivity contribution >= 4 is 22.4 Å². The van der Waals surface area contributed by atoms with E-state index in [0.717, 1.165) is 0 Å². The van der Waals surface area contributed by atoms with Gasteiger partial charge in [0.15, 0.2) is 5.13 Å². The van der Waals surface area contributed by atoms with Crippen molar-refractivity contribution in [2.45, 2.75) is 13.0 Å². The molecule has 2 rings (SSSR count). The Kier molecular flexibility index (Phi) is 3.57. The van der Waals surface area contributed by atoms with Gasteiger partial charge in [-0.2, -0.15) is 0 Å². The van der Waals surface area contributed by atoms with Crippen molar-refractivity contribution < 1.29 is 9.18 Å². The van der Waals surface area contributed by atoms with Crippen molar-refractivity contribution in [1.82, 2.24) is 10.3 Å². The van der Waals surface area contributed by atoms with Crippen LogP contribution in [0.25, 0.3) is 0 Å². The Morgan fingerprint density at radius 2 is 2.22 bits per heavy atom. The van der Waals surface area contributed by atoms with Gasteiger partial charge in [0, 0.05) is 10.9 Å². The fourth-order valence-corrected chi connectivity index (χ4v) is 2.11. The Bertz CT molecular complexity index is 570. The second-order valence-corrected chi connectivity index (χ2v) is 4.68. The van der Waals surface area contributed by atoms with Crippen molar-refractivity contribution in [3.05, 3.63) is 46.7 Å². The smallest absolute Gasteiger partial charge is 0.271 e. The first-order chi connectivity index (χ1) is 8.58.